The molecule has 0 radical (unpaired) electrons. The second-order valence-corrected chi connectivity index (χ2v) is 6.17. The average molecular weight is 342 g/mol. The zero-order valence-corrected chi connectivity index (χ0v) is 14.6. The molecule has 1 saturated heterocycles. The molecule has 0 aliphatic carbocycles. The van der Waals surface area contributed by atoms with E-state index in [2.05, 4.69) is 12.2 Å². The van der Waals surface area contributed by atoms with Crippen molar-refractivity contribution in [3.63, 3.8) is 0 Å². The molecule has 0 saturated carbocycles. The first-order chi connectivity index (χ1) is 12.1. The first-order valence-corrected chi connectivity index (χ1v) is 8.70. The number of anilines is 1. The Bertz CT molecular complexity index is 746. The lowest BCUT2D eigenvalue weighted by molar-refractivity contribution is 0.139. The van der Waals surface area contributed by atoms with Gasteiger partial charge >= 0.3 is 6.09 Å². The zero-order valence-electron chi connectivity index (χ0n) is 14.6. The SMILES string of the molecule is CCNCc1ccc(-c2ccc(N3C[C@H](CC)OC3=O)cc2F)cc1. The molecule has 5 heteroatoms. The summed E-state index contributed by atoms with van der Waals surface area (Å²) in [5, 5.41) is 3.26. The van der Waals surface area contributed by atoms with Gasteiger partial charge in [0.25, 0.3) is 0 Å². The van der Waals surface area contributed by atoms with Gasteiger partial charge in [-0.05, 0) is 42.3 Å². The van der Waals surface area contributed by atoms with Gasteiger partial charge in [0.15, 0.2) is 0 Å². The minimum absolute atomic E-state index is 0.125. The Hall–Kier alpha value is -2.40. The molecule has 132 valence electrons. The van der Waals surface area contributed by atoms with Crippen molar-refractivity contribution in [2.45, 2.75) is 32.9 Å². The van der Waals surface area contributed by atoms with Gasteiger partial charge in [-0.1, -0.05) is 38.1 Å². The van der Waals surface area contributed by atoms with Gasteiger partial charge in [-0.2, -0.15) is 0 Å². The third-order valence-corrected chi connectivity index (χ3v) is 4.44. The maximum atomic E-state index is 14.6. The molecule has 1 N–H and O–H groups in total. The maximum Gasteiger partial charge on any atom is 0.414 e. The van der Waals surface area contributed by atoms with Crippen LogP contribution in [0.3, 0.4) is 0 Å². The molecule has 1 atom stereocenters. The van der Waals surface area contributed by atoms with Crippen LogP contribution in [0.5, 0.6) is 0 Å². The van der Waals surface area contributed by atoms with E-state index in [-0.39, 0.29) is 11.9 Å². The molecule has 1 aliphatic rings. The Morgan fingerprint density at radius 2 is 1.96 bits per heavy atom. The van der Waals surface area contributed by atoms with Gasteiger partial charge in [-0.15, -0.1) is 0 Å². The molecule has 25 heavy (non-hydrogen) atoms. The Kier molecular flexibility index (Phi) is 5.34. The summed E-state index contributed by atoms with van der Waals surface area (Å²) in [6.07, 6.45) is 0.216. The first kappa shape index (κ1) is 17.4. The van der Waals surface area contributed by atoms with Crippen molar-refractivity contribution in [1.29, 1.82) is 0 Å². The van der Waals surface area contributed by atoms with Crippen LogP contribution < -0.4 is 10.2 Å². The predicted octanol–water partition coefficient (Wildman–Crippen LogP) is 4.34. The second kappa shape index (κ2) is 7.66. The average Bonchev–Trinajstić information content (AvgIpc) is 3.01. The van der Waals surface area contributed by atoms with Crippen molar-refractivity contribution in [2.24, 2.45) is 0 Å². The summed E-state index contributed by atoms with van der Waals surface area (Å²) >= 11 is 0. The second-order valence-electron chi connectivity index (χ2n) is 6.17. The molecule has 0 unspecified atom stereocenters. The van der Waals surface area contributed by atoms with Gasteiger partial charge < -0.3 is 10.1 Å². The number of benzene rings is 2. The number of cyclic esters (lactones) is 1. The first-order valence-electron chi connectivity index (χ1n) is 8.70. The van der Waals surface area contributed by atoms with Crippen LogP contribution in [0.25, 0.3) is 11.1 Å². The summed E-state index contributed by atoms with van der Waals surface area (Å²) in [5.74, 6) is -0.343. The zero-order chi connectivity index (χ0) is 17.8. The lowest BCUT2D eigenvalue weighted by atomic mass is 10.0. The summed E-state index contributed by atoms with van der Waals surface area (Å²) in [4.78, 5) is 13.4. The number of carbonyl (C=O) groups excluding carboxylic acids is 1. The van der Waals surface area contributed by atoms with Crippen LogP contribution in [-0.2, 0) is 11.3 Å². The van der Waals surface area contributed by atoms with E-state index in [1.807, 2.05) is 31.2 Å². The highest BCUT2D eigenvalue weighted by molar-refractivity contribution is 5.90. The number of carbonyl (C=O) groups is 1. The summed E-state index contributed by atoms with van der Waals surface area (Å²) in [6.45, 7) is 6.20. The molecule has 0 spiro atoms. The van der Waals surface area contributed by atoms with Crippen molar-refractivity contribution < 1.29 is 13.9 Å². The monoisotopic (exact) mass is 342 g/mol. The van der Waals surface area contributed by atoms with Crippen LogP contribution in [-0.4, -0.2) is 25.3 Å². The van der Waals surface area contributed by atoms with Crippen LogP contribution in [0.15, 0.2) is 42.5 Å². The quantitative estimate of drug-likeness (QED) is 0.849. The molecule has 3 rings (SSSR count). The van der Waals surface area contributed by atoms with Crippen molar-refractivity contribution in [3.05, 3.63) is 53.8 Å². The molecule has 1 heterocycles. The fourth-order valence-electron chi connectivity index (χ4n) is 2.92. The normalized spacial score (nSPS) is 17.0. The van der Waals surface area contributed by atoms with Gasteiger partial charge in [0.05, 0.1) is 12.2 Å². The van der Waals surface area contributed by atoms with E-state index in [0.717, 1.165) is 30.6 Å². The minimum Gasteiger partial charge on any atom is -0.444 e. The highest BCUT2D eigenvalue weighted by Crippen LogP contribution is 2.29. The van der Waals surface area contributed by atoms with E-state index in [9.17, 15) is 9.18 Å². The summed E-state index contributed by atoms with van der Waals surface area (Å²) < 4.78 is 19.8. The van der Waals surface area contributed by atoms with E-state index in [1.165, 1.54) is 11.0 Å². The molecule has 1 aliphatic heterocycles. The van der Waals surface area contributed by atoms with E-state index in [0.29, 0.717) is 17.8 Å². The fourth-order valence-corrected chi connectivity index (χ4v) is 2.92. The Labute approximate surface area is 147 Å². The number of ether oxygens (including phenoxy) is 1. The number of nitrogens with one attached hydrogen (secondary N) is 1. The third kappa shape index (κ3) is 3.82. The van der Waals surface area contributed by atoms with Crippen LogP contribution in [0, 0.1) is 5.82 Å². The minimum atomic E-state index is -0.410. The highest BCUT2D eigenvalue weighted by Gasteiger charge is 2.31. The van der Waals surface area contributed by atoms with E-state index >= 15 is 0 Å². The van der Waals surface area contributed by atoms with Crippen molar-refractivity contribution >= 4 is 11.8 Å². The standard InChI is InChI=1S/C20H23FN2O2/c1-3-17-13-23(20(24)25-17)16-9-10-18(19(21)11-16)15-7-5-14(6-8-15)12-22-4-2/h5-11,17,22H,3-4,12-13H2,1-2H3/t17-/m0/s1. The molecule has 1 amide bonds. The van der Waals surface area contributed by atoms with E-state index in [4.69, 9.17) is 4.74 Å². The van der Waals surface area contributed by atoms with Crippen LogP contribution >= 0.6 is 0 Å². The Morgan fingerprint density at radius 1 is 1.20 bits per heavy atom. The third-order valence-electron chi connectivity index (χ3n) is 4.44. The van der Waals surface area contributed by atoms with Crippen molar-refractivity contribution in [1.82, 2.24) is 5.32 Å². The molecular formula is C20H23FN2O2. The van der Waals surface area contributed by atoms with E-state index in [1.54, 1.807) is 12.1 Å². The lowest BCUT2D eigenvalue weighted by Gasteiger charge is -2.14. The topological polar surface area (TPSA) is 41.6 Å². The fraction of sp³-hybridized carbons (Fsp3) is 0.350. The number of hydrogen-bond donors (Lipinski definition) is 1. The summed E-state index contributed by atoms with van der Waals surface area (Å²) in [5.41, 5.74) is 3.04. The molecule has 2 aromatic rings. The molecule has 4 nitrogen and oxygen atoms in total. The van der Waals surface area contributed by atoms with Crippen LogP contribution in [0.2, 0.25) is 0 Å². The Morgan fingerprint density at radius 3 is 2.56 bits per heavy atom. The highest BCUT2D eigenvalue weighted by atomic mass is 19.1. The number of hydrogen-bond acceptors (Lipinski definition) is 3. The maximum absolute atomic E-state index is 14.6. The predicted molar refractivity (Wildman–Crippen MR) is 97.1 cm³/mol. The summed E-state index contributed by atoms with van der Waals surface area (Å²) in [6, 6.07) is 12.7. The van der Waals surface area contributed by atoms with Gasteiger partial charge in [0.1, 0.15) is 11.9 Å². The molecular weight excluding hydrogens is 319 g/mol. The largest absolute Gasteiger partial charge is 0.444 e. The van der Waals surface area contributed by atoms with E-state index < -0.39 is 6.09 Å². The number of rotatable bonds is 6. The van der Waals surface area contributed by atoms with Gasteiger partial charge in [0.2, 0.25) is 0 Å². The smallest absolute Gasteiger partial charge is 0.414 e. The van der Waals surface area contributed by atoms with Crippen LogP contribution in [0.4, 0.5) is 14.9 Å². The number of nitrogens with zero attached hydrogens (tertiary/aromatic N) is 1. The van der Waals surface area contributed by atoms with Crippen LogP contribution in [0.1, 0.15) is 25.8 Å². The molecule has 0 bridgehead atoms. The molecule has 2 aromatic carbocycles. The number of amides is 1. The lowest BCUT2D eigenvalue weighted by Crippen LogP contribution is -2.24. The molecule has 0 aromatic heterocycles. The van der Waals surface area contributed by atoms with Gasteiger partial charge in [0, 0.05) is 12.1 Å². The van der Waals surface area contributed by atoms with Gasteiger partial charge in [-0.25, -0.2) is 9.18 Å². The van der Waals surface area contributed by atoms with Crippen molar-refractivity contribution in [3.8, 4) is 11.1 Å². The summed E-state index contributed by atoms with van der Waals surface area (Å²) in [7, 11) is 0. The number of halogens is 1. The Balaban J connectivity index is 1.79. The molecule has 1 fully saturated rings. The van der Waals surface area contributed by atoms with Gasteiger partial charge in [-0.3, -0.25) is 4.90 Å². The van der Waals surface area contributed by atoms with Crippen molar-refractivity contribution in [2.75, 3.05) is 18.0 Å².